The van der Waals surface area contributed by atoms with Crippen LogP contribution in [0.25, 0.3) is 0 Å². The molecule has 0 aromatic heterocycles. The van der Waals surface area contributed by atoms with Gasteiger partial charge < -0.3 is 9.84 Å². The van der Waals surface area contributed by atoms with E-state index in [1.807, 2.05) is 5.92 Å². The maximum atomic E-state index is 11.2. The second-order valence-electron chi connectivity index (χ2n) is 4.19. The summed E-state index contributed by atoms with van der Waals surface area (Å²) in [6.45, 7) is 5.14. The van der Waals surface area contributed by atoms with Gasteiger partial charge in [0.25, 0.3) is 0 Å². The number of Topliss-reactive ketones (excluding diaryl/α,β-unsaturated/α-hetero) is 1. The van der Waals surface area contributed by atoms with E-state index in [0.29, 0.717) is 0 Å². The maximum absolute atomic E-state index is 11.2. The van der Waals surface area contributed by atoms with Gasteiger partial charge in [-0.1, -0.05) is 5.92 Å². The number of esters is 1. The smallest absolute Gasteiger partial charge is 0.313 e. The summed E-state index contributed by atoms with van der Waals surface area (Å²) >= 11 is 0. The fraction of sp³-hybridized carbons (Fsp3) is 0.636. The highest BCUT2D eigenvalue weighted by Crippen LogP contribution is 2.09. The number of aliphatic hydroxyl groups excluding tert-OH is 1. The second kappa shape index (κ2) is 5.52. The Morgan fingerprint density at radius 2 is 2.00 bits per heavy atom. The number of terminal acetylenes is 1. The molecule has 4 heteroatoms. The highest BCUT2D eigenvalue weighted by molar-refractivity contribution is 5.96. The van der Waals surface area contributed by atoms with Crippen molar-refractivity contribution in [3.8, 4) is 12.3 Å². The number of ketones is 1. The Bertz CT molecular complexity index is 280. The lowest BCUT2D eigenvalue weighted by Crippen LogP contribution is -2.26. The molecule has 0 rings (SSSR count). The first-order valence-corrected chi connectivity index (χ1v) is 4.62. The molecule has 0 saturated carbocycles. The topological polar surface area (TPSA) is 63.6 Å². The summed E-state index contributed by atoms with van der Waals surface area (Å²) in [6.07, 6.45) is 3.20. The number of hydrogen-bond donors (Lipinski definition) is 1. The zero-order chi connectivity index (χ0) is 12.1. The molecular weight excluding hydrogens is 196 g/mol. The van der Waals surface area contributed by atoms with Crippen LogP contribution in [0.4, 0.5) is 0 Å². The number of aliphatic hydroxyl groups is 1. The number of ether oxygens (including phenoxy) is 1. The van der Waals surface area contributed by atoms with Crippen molar-refractivity contribution in [2.45, 2.75) is 45.3 Å². The minimum absolute atomic E-state index is 0.213. The van der Waals surface area contributed by atoms with Gasteiger partial charge in [0, 0.05) is 6.42 Å². The van der Waals surface area contributed by atoms with Crippen LogP contribution >= 0.6 is 0 Å². The molecule has 0 amide bonds. The van der Waals surface area contributed by atoms with E-state index in [9.17, 15) is 9.59 Å². The van der Waals surface area contributed by atoms with Crippen molar-refractivity contribution in [2.24, 2.45) is 0 Å². The van der Waals surface area contributed by atoms with Crippen LogP contribution in [-0.2, 0) is 14.3 Å². The van der Waals surface area contributed by atoms with E-state index in [1.54, 1.807) is 20.8 Å². The third kappa shape index (κ3) is 7.71. The summed E-state index contributed by atoms with van der Waals surface area (Å²) in [7, 11) is 0. The molecule has 0 aliphatic carbocycles. The van der Waals surface area contributed by atoms with E-state index in [4.69, 9.17) is 16.3 Å². The molecule has 84 valence electrons. The van der Waals surface area contributed by atoms with Crippen LogP contribution in [0.1, 0.15) is 33.6 Å². The third-order valence-corrected chi connectivity index (χ3v) is 1.37. The molecule has 15 heavy (non-hydrogen) atoms. The predicted octanol–water partition coefficient (Wildman–Crippen LogP) is 0.671. The van der Waals surface area contributed by atoms with Gasteiger partial charge in [-0.05, 0) is 20.8 Å². The lowest BCUT2D eigenvalue weighted by atomic mass is 10.1. The molecule has 0 radical (unpaired) electrons. The van der Waals surface area contributed by atoms with Crippen molar-refractivity contribution in [1.29, 1.82) is 0 Å². The largest absolute Gasteiger partial charge is 0.460 e. The van der Waals surface area contributed by atoms with Crippen molar-refractivity contribution in [3.63, 3.8) is 0 Å². The Kier molecular flexibility index (Phi) is 5.03. The minimum Gasteiger partial charge on any atom is -0.460 e. The van der Waals surface area contributed by atoms with Gasteiger partial charge in [-0.3, -0.25) is 9.59 Å². The second-order valence-corrected chi connectivity index (χ2v) is 4.19. The molecule has 0 heterocycles. The van der Waals surface area contributed by atoms with Crippen LogP contribution < -0.4 is 0 Å². The van der Waals surface area contributed by atoms with Crippen LogP contribution in [0.2, 0.25) is 0 Å². The van der Waals surface area contributed by atoms with Gasteiger partial charge in [-0.15, -0.1) is 6.42 Å². The summed E-state index contributed by atoms with van der Waals surface area (Å²) in [5, 5.41) is 8.96. The number of rotatable bonds is 4. The highest BCUT2D eigenvalue weighted by Gasteiger charge is 2.19. The Morgan fingerprint density at radius 1 is 1.47 bits per heavy atom. The molecule has 4 nitrogen and oxygen atoms in total. The average molecular weight is 212 g/mol. The van der Waals surface area contributed by atoms with Gasteiger partial charge in [0.05, 0.1) is 0 Å². The number of carbonyl (C=O) groups excluding carboxylic acids is 2. The molecule has 0 unspecified atom stereocenters. The van der Waals surface area contributed by atoms with Crippen molar-refractivity contribution < 1.29 is 19.4 Å². The van der Waals surface area contributed by atoms with Gasteiger partial charge in [-0.25, -0.2) is 0 Å². The Morgan fingerprint density at radius 3 is 2.40 bits per heavy atom. The van der Waals surface area contributed by atoms with Crippen LogP contribution in [0.15, 0.2) is 0 Å². The first-order valence-electron chi connectivity index (χ1n) is 4.62. The highest BCUT2D eigenvalue weighted by atomic mass is 16.6. The van der Waals surface area contributed by atoms with Crippen molar-refractivity contribution >= 4 is 11.8 Å². The predicted molar refractivity (Wildman–Crippen MR) is 54.9 cm³/mol. The summed E-state index contributed by atoms with van der Waals surface area (Å²) in [5.41, 5.74) is -0.609. The lowest BCUT2D eigenvalue weighted by Gasteiger charge is -2.19. The summed E-state index contributed by atoms with van der Waals surface area (Å²) < 4.78 is 4.93. The standard InChI is InChI=1S/C11H16O4/c1-5-8(12)6-9(13)7-10(14)15-11(2,3)4/h1,8,12H,6-7H2,2-4H3/t8-/m1/s1. The Balaban J connectivity index is 3.99. The van der Waals surface area contributed by atoms with Crippen molar-refractivity contribution in [2.75, 3.05) is 0 Å². The van der Waals surface area contributed by atoms with E-state index in [1.165, 1.54) is 0 Å². The molecule has 0 spiro atoms. The number of hydrogen-bond acceptors (Lipinski definition) is 4. The quantitative estimate of drug-likeness (QED) is 0.422. The normalized spacial score (nSPS) is 12.7. The van der Waals surface area contributed by atoms with Gasteiger partial charge in [-0.2, -0.15) is 0 Å². The molecule has 1 N–H and O–H groups in total. The molecule has 0 aliphatic rings. The summed E-state index contributed by atoms with van der Waals surface area (Å²) in [4.78, 5) is 22.3. The fourth-order valence-corrected chi connectivity index (χ4v) is 0.885. The van der Waals surface area contributed by atoms with Crippen molar-refractivity contribution in [3.05, 3.63) is 0 Å². The molecular formula is C11H16O4. The van der Waals surface area contributed by atoms with Gasteiger partial charge >= 0.3 is 5.97 Å². The fourth-order valence-electron chi connectivity index (χ4n) is 0.885. The average Bonchev–Trinajstić information content (AvgIpc) is 1.99. The van der Waals surface area contributed by atoms with Gasteiger partial charge in [0.2, 0.25) is 0 Å². The van der Waals surface area contributed by atoms with Crippen LogP contribution in [0.5, 0.6) is 0 Å². The van der Waals surface area contributed by atoms with Gasteiger partial charge in [0.1, 0.15) is 23.9 Å². The zero-order valence-corrected chi connectivity index (χ0v) is 9.24. The molecule has 0 fully saturated rings. The van der Waals surface area contributed by atoms with Crippen LogP contribution in [0.3, 0.4) is 0 Å². The summed E-state index contributed by atoms with van der Waals surface area (Å²) in [5.74, 6) is 0.978. The zero-order valence-electron chi connectivity index (χ0n) is 9.24. The number of carbonyl (C=O) groups is 2. The Labute approximate surface area is 89.6 Å². The minimum atomic E-state index is -1.13. The molecule has 0 bridgehead atoms. The van der Waals surface area contributed by atoms with E-state index < -0.39 is 23.5 Å². The maximum Gasteiger partial charge on any atom is 0.313 e. The van der Waals surface area contributed by atoms with Crippen LogP contribution in [-0.4, -0.2) is 28.6 Å². The monoisotopic (exact) mass is 212 g/mol. The molecule has 0 saturated heterocycles. The molecule has 0 aromatic rings. The lowest BCUT2D eigenvalue weighted by molar-refractivity contribution is -0.156. The van der Waals surface area contributed by atoms with Crippen molar-refractivity contribution in [1.82, 2.24) is 0 Å². The third-order valence-electron chi connectivity index (χ3n) is 1.37. The SMILES string of the molecule is C#C[C@@H](O)CC(=O)CC(=O)OC(C)(C)C. The molecule has 0 aromatic carbocycles. The van der Waals surface area contributed by atoms with E-state index in [2.05, 4.69) is 0 Å². The summed E-state index contributed by atoms with van der Waals surface area (Å²) in [6, 6.07) is 0. The van der Waals surface area contributed by atoms with E-state index in [-0.39, 0.29) is 12.8 Å². The Hall–Kier alpha value is -1.34. The van der Waals surface area contributed by atoms with E-state index >= 15 is 0 Å². The van der Waals surface area contributed by atoms with Gasteiger partial charge in [0.15, 0.2) is 0 Å². The first-order chi connectivity index (χ1) is 6.74. The van der Waals surface area contributed by atoms with Crippen LogP contribution in [0, 0.1) is 12.3 Å². The molecule has 0 aliphatic heterocycles. The molecule has 1 atom stereocenters. The first kappa shape index (κ1) is 13.7. The van der Waals surface area contributed by atoms with E-state index in [0.717, 1.165) is 0 Å².